The van der Waals surface area contributed by atoms with Crippen LogP contribution in [0, 0.1) is 12.7 Å². The van der Waals surface area contributed by atoms with E-state index in [1.165, 1.54) is 6.07 Å². The third-order valence-electron chi connectivity index (χ3n) is 3.14. The van der Waals surface area contributed by atoms with Gasteiger partial charge in [-0.15, -0.1) is 0 Å². The highest BCUT2D eigenvalue weighted by Gasteiger charge is 2.14. The molecule has 0 aliphatic heterocycles. The van der Waals surface area contributed by atoms with Crippen molar-refractivity contribution in [1.29, 1.82) is 0 Å². The number of rotatable bonds is 1. The first kappa shape index (κ1) is 12.0. The summed E-state index contributed by atoms with van der Waals surface area (Å²) < 4.78 is 15.4. The van der Waals surface area contributed by atoms with Gasteiger partial charge in [0.25, 0.3) is 0 Å². The summed E-state index contributed by atoms with van der Waals surface area (Å²) in [6, 6.07) is 10.3. The molecule has 1 aromatic heterocycles. The Labute approximate surface area is 114 Å². The molecule has 19 heavy (non-hydrogen) atoms. The summed E-state index contributed by atoms with van der Waals surface area (Å²) in [6.07, 6.45) is 0. The molecule has 5 heteroatoms. The van der Waals surface area contributed by atoms with Crippen molar-refractivity contribution in [2.45, 2.75) is 6.92 Å². The van der Waals surface area contributed by atoms with Gasteiger partial charge in [0.15, 0.2) is 0 Å². The van der Waals surface area contributed by atoms with E-state index in [4.69, 9.17) is 17.3 Å². The fraction of sp³-hybridized carbons (Fsp3) is 0.0714. The van der Waals surface area contributed by atoms with Crippen LogP contribution in [-0.2, 0) is 0 Å². The van der Waals surface area contributed by atoms with Crippen LogP contribution >= 0.6 is 11.6 Å². The van der Waals surface area contributed by atoms with Crippen LogP contribution in [0.5, 0.6) is 0 Å². The summed E-state index contributed by atoms with van der Waals surface area (Å²) in [5.41, 5.74) is 8.51. The lowest BCUT2D eigenvalue weighted by Gasteiger charge is -2.10. The zero-order valence-electron chi connectivity index (χ0n) is 10.2. The van der Waals surface area contributed by atoms with Gasteiger partial charge in [-0.3, -0.25) is 4.57 Å². The summed E-state index contributed by atoms with van der Waals surface area (Å²) in [5.74, 6) is 0.0116. The van der Waals surface area contributed by atoms with Gasteiger partial charge < -0.3 is 5.73 Å². The lowest BCUT2D eigenvalue weighted by Crippen LogP contribution is -2.03. The monoisotopic (exact) mass is 275 g/mol. The third kappa shape index (κ3) is 1.76. The molecule has 0 fully saturated rings. The standard InChI is InChI=1S/C14H11ClFN3/c1-8-10(16)5-3-6-11(8)19-12-7-2-4-9(15)13(12)18-14(19)17/h2-7H,1H3,(H2,17,18). The minimum absolute atomic E-state index is 0.277. The van der Waals surface area contributed by atoms with E-state index in [-0.39, 0.29) is 11.8 Å². The van der Waals surface area contributed by atoms with Crippen molar-refractivity contribution in [2.24, 2.45) is 0 Å². The first-order valence-corrected chi connectivity index (χ1v) is 6.15. The number of fused-ring (bicyclic) bond motifs is 1. The average molecular weight is 276 g/mol. The molecule has 0 atom stereocenters. The van der Waals surface area contributed by atoms with Crippen LogP contribution in [-0.4, -0.2) is 9.55 Å². The van der Waals surface area contributed by atoms with Gasteiger partial charge in [-0.05, 0) is 31.2 Å². The van der Waals surface area contributed by atoms with E-state index in [2.05, 4.69) is 4.98 Å². The minimum atomic E-state index is -0.277. The smallest absolute Gasteiger partial charge is 0.205 e. The summed E-state index contributed by atoms with van der Waals surface area (Å²) in [6.45, 7) is 1.71. The molecule has 0 aliphatic rings. The number of aromatic nitrogens is 2. The van der Waals surface area contributed by atoms with E-state index in [9.17, 15) is 4.39 Å². The summed E-state index contributed by atoms with van der Waals surface area (Å²) in [4.78, 5) is 4.25. The fourth-order valence-electron chi connectivity index (χ4n) is 2.17. The second kappa shape index (κ2) is 4.24. The molecular weight excluding hydrogens is 265 g/mol. The molecule has 0 amide bonds. The van der Waals surface area contributed by atoms with Crippen LogP contribution in [0.3, 0.4) is 0 Å². The lowest BCUT2D eigenvalue weighted by molar-refractivity contribution is 0.617. The van der Waals surface area contributed by atoms with Gasteiger partial charge in [-0.2, -0.15) is 0 Å². The third-order valence-corrected chi connectivity index (χ3v) is 3.45. The molecule has 2 aromatic carbocycles. The second-order valence-corrected chi connectivity index (χ2v) is 4.70. The molecular formula is C14H11ClFN3. The highest BCUT2D eigenvalue weighted by atomic mass is 35.5. The predicted octanol–water partition coefficient (Wildman–Crippen LogP) is 3.71. The van der Waals surface area contributed by atoms with Gasteiger partial charge in [-0.25, -0.2) is 9.37 Å². The van der Waals surface area contributed by atoms with E-state index in [0.29, 0.717) is 21.8 Å². The SMILES string of the molecule is Cc1c(F)cccc1-n1c(N)nc2c(Cl)cccc21. The second-order valence-electron chi connectivity index (χ2n) is 4.30. The maximum absolute atomic E-state index is 13.7. The molecule has 0 saturated heterocycles. The number of hydrogen-bond donors (Lipinski definition) is 1. The molecule has 0 radical (unpaired) electrons. The van der Waals surface area contributed by atoms with Crippen molar-refractivity contribution in [2.75, 3.05) is 5.73 Å². The molecule has 0 saturated carbocycles. The summed E-state index contributed by atoms with van der Waals surface area (Å²) in [5, 5.41) is 0.525. The molecule has 0 spiro atoms. The predicted molar refractivity (Wildman–Crippen MR) is 75.2 cm³/mol. The molecule has 0 unspecified atom stereocenters. The van der Waals surface area contributed by atoms with Gasteiger partial charge >= 0.3 is 0 Å². The highest BCUT2D eigenvalue weighted by molar-refractivity contribution is 6.35. The number of imidazole rings is 1. The Hall–Kier alpha value is -2.07. The van der Waals surface area contributed by atoms with Gasteiger partial charge in [-0.1, -0.05) is 23.7 Å². The van der Waals surface area contributed by atoms with Gasteiger partial charge in [0.2, 0.25) is 5.95 Å². The highest BCUT2D eigenvalue weighted by Crippen LogP contribution is 2.29. The molecule has 96 valence electrons. The van der Waals surface area contributed by atoms with Crippen molar-refractivity contribution in [3.8, 4) is 5.69 Å². The zero-order chi connectivity index (χ0) is 13.6. The summed E-state index contributed by atoms with van der Waals surface area (Å²) >= 11 is 6.10. The normalized spacial score (nSPS) is 11.1. The molecule has 3 aromatic rings. The number of nitrogens with two attached hydrogens (primary N) is 1. The van der Waals surface area contributed by atoms with E-state index < -0.39 is 0 Å². The van der Waals surface area contributed by atoms with E-state index in [0.717, 1.165) is 5.52 Å². The molecule has 0 aliphatic carbocycles. The Balaban J connectivity index is 2.40. The average Bonchev–Trinajstić information content (AvgIpc) is 2.71. The van der Waals surface area contributed by atoms with E-state index in [1.807, 2.05) is 12.1 Å². The zero-order valence-corrected chi connectivity index (χ0v) is 10.9. The van der Waals surface area contributed by atoms with Crippen molar-refractivity contribution in [1.82, 2.24) is 9.55 Å². The number of benzene rings is 2. The molecule has 3 rings (SSSR count). The quantitative estimate of drug-likeness (QED) is 0.736. The molecule has 0 bridgehead atoms. The molecule has 1 heterocycles. The Bertz CT molecular complexity index is 780. The van der Waals surface area contributed by atoms with E-state index in [1.54, 1.807) is 29.7 Å². The number of anilines is 1. The number of nitrogens with zero attached hydrogens (tertiary/aromatic N) is 2. The van der Waals surface area contributed by atoms with Crippen molar-refractivity contribution < 1.29 is 4.39 Å². The Morgan fingerprint density at radius 1 is 1.21 bits per heavy atom. The van der Waals surface area contributed by atoms with Crippen LogP contribution in [0.15, 0.2) is 36.4 Å². The van der Waals surface area contributed by atoms with Gasteiger partial charge in [0, 0.05) is 5.56 Å². The lowest BCUT2D eigenvalue weighted by atomic mass is 10.2. The van der Waals surface area contributed by atoms with Gasteiger partial charge in [0.1, 0.15) is 11.3 Å². The molecule has 2 N–H and O–H groups in total. The Morgan fingerprint density at radius 2 is 1.95 bits per heavy atom. The largest absolute Gasteiger partial charge is 0.369 e. The van der Waals surface area contributed by atoms with E-state index >= 15 is 0 Å². The van der Waals surface area contributed by atoms with Crippen LogP contribution < -0.4 is 5.73 Å². The first-order chi connectivity index (χ1) is 9.09. The van der Waals surface area contributed by atoms with Crippen LogP contribution in [0.25, 0.3) is 16.7 Å². The minimum Gasteiger partial charge on any atom is -0.369 e. The number of halogens is 2. The Morgan fingerprint density at radius 3 is 2.74 bits per heavy atom. The van der Waals surface area contributed by atoms with Crippen molar-refractivity contribution >= 4 is 28.6 Å². The Kier molecular flexibility index (Phi) is 2.68. The fourth-order valence-corrected chi connectivity index (χ4v) is 2.39. The summed E-state index contributed by atoms with van der Waals surface area (Å²) in [7, 11) is 0. The van der Waals surface area contributed by atoms with Crippen LogP contribution in [0.4, 0.5) is 10.3 Å². The number of hydrogen-bond acceptors (Lipinski definition) is 2. The maximum Gasteiger partial charge on any atom is 0.205 e. The van der Waals surface area contributed by atoms with Gasteiger partial charge in [0.05, 0.1) is 16.2 Å². The topological polar surface area (TPSA) is 43.8 Å². The first-order valence-electron chi connectivity index (χ1n) is 5.77. The van der Waals surface area contributed by atoms with Crippen LogP contribution in [0.2, 0.25) is 5.02 Å². The van der Waals surface area contributed by atoms with Crippen molar-refractivity contribution in [3.63, 3.8) is 0 Å². The van der Waals surface area contributed by atoms with Crippen LogP contribution in [0.1, 0.15) is 5.56 Å². The number of nitrogen functional groups attached to an aromatic ring is 1. The van der Waals surface area contributed by atoms with Crippen molar-refractivity contribution in [3.05, 3.63) is 52.8 Å². The molecule has 3 nitrogen and oxygen atoms in total. The number of para-hydroxylation sites is 1. The maximum atomic E-state index is 13.7.